The molecule has 2 heterocycles. The molecule has 172 valence electrons. The fourth-order valence-electron chi connectivity index (χ4n) is 2.87. The maximum absolute atomic E-state index is 13.3. The van der Waals surface area contributed by atoms with E-state index in [-0.39, 0.29) is 28.4 Å². The summed E-state index contributed by atoms with van der Waals surface area (Å²) in [5, 5.41) is 16.1. The second kappa shape index (κ2) is 8.11. The molecule has 8 nitrogen and oxygen atoms in total. The van der Waals surface area contributed by atoms with Gasteiger partial charge in [-0.05, 0) is 41.6 Å². The first-order chi connectivity index (χ1) is 15.5. The molecule has 0 bridgehead atoms. The molecule has 0 saturated carbocycles. The number of carbonyl (C=O) groups excluding carboxylic acids is 1. The van der Waals surface area contributed by atoms with E-state index < -0.39 is 36.2 Å². The van der Waals surface area contributed by atoms with Crippen LogP contribution in [0.3, 0.4) is 0 Å². The molecule has 0 saturated heterocycles. The van der Waals surface area contributed by atoms with Crippen molar-refractivity contribution < 1.29 is 40.3 Å². The maximum atomic E-state index is 13.3. The van der Waals surface area contributed by atoms with E-state index >= 15 is 0 Å². The van der Waals surface area contributed by atoms with Crippen LogP contribution in [0.15, 0.2) is 46.9 Å². The van der Waals surface area contributed by atoms with E-state index in [0.717, 1.165) is 6.07 Å². The monoisotopic (exact) mass is 471 g/mol. The smallest absolute Gasteiger partial charge is 0.422 e. The lowest BCUT2D eigenvalue weighted by Crippen LogP contribution is -2.21. The van der Waals surface area contributed by atoms with E-state index in [4.69, 9.17) is 4.42 Å². The van der Waals surface area contributed by atoms with Crippen molar-refractivity contribution in [2.75, 3.05) is 11.9 Å². The number of nitrogens with one attached hydrogen (secondary N) is 2. The zero-order valence-corrected chi connectivity index (χ0v) is 16.1. The maximum Gasteiger partial charge on any atom is 0.422 e. The number of carbonyl (C=O) groups is 1. The van der Waals surface area contributed by atoms with Crippen molar-refractivity contribution >= 4 is 22.6 Å². The molecule has 2 aromatic carbocycles. The summed E-state index contributed by atoms with van der Waals surface area (Å²) in [6.45, 7) is -1.89. The van der Waals surface area contributed by atoms with Crippen LogP contribution in [-0.4, -0.2) is 39.3 Å². The second-order valence-electron chi connectivity index (χ2n) is 6.67. The first kappa shape index (κ1) is 22.1. The van der Waals surface area contributed by atoms with Crippen LogP contribution < -0.4 is 10.1 Å². The van der Waals surface area contributed by atoms with Crippen LogP contribution in [-0.2, 0) is 6.18 Å². The normalized spacial score (nSPS) is 12.2. The van der Waals surface area contributed by atoms with Gasteiger partial charge < -0.3 is 14.5 Å². The quantitative estimate of drug-likeness (QED) is 0.404. The highest BCUT2D eigenvalue weighted by Crippen LogP contribution is 2.38. The lowest BCUT2D eigenvalue weighted by molar-refractivity contribution is -0.158. The number of anilines is 1. The molecule has 1 amide bonds. The highest BCUT2D eigenvalue weighted by Gasteiger charge is 2.36. The predicted molar refractivity (Wildman–Crippen MR) is 100 cm³/mol. The van der Waals surface area contributed by atoms with Crippen LogP contribution in [0.1, 0.15) is 15.9 Å². The number of hydrogen-bond acceptors (Lipinski definition) is 6. The fraction of sp³-hybridized carbons (Fsp3) is 0.158. The summed E-state index contributed by atoms with van der Waals surface area (Å²) >= 11 is 0. The first-order valence-electron chi connectivity index (χ1n) is 8.99. The minimum Gasteiger partial charge on any atom is -0.483 e. The number of tetrazole rings is 1. The molecule has 0 aliphatic rings. The van der Waals surface area contributed by atoms with Crippen LogP contribution in [0.2, 0.25) is 0 Å². The Morgan fingerprint density at radius 3 is 2.52 bits per heavy atom. The van der Waals surface area contributed by atoms with Crippen molar-refractivity contribution in [3.63, 3.8) is 0 Å². The molecule has 2 N–H and O–H groups in total. The topological polar surface area (TPSA) is 106 Å². The zero-order valence-electron chi connectivity index (χ0n) is 16.1. The molecule has 0 aliphatic heterocycles. The summed E-state index contributed by atoms with van der Waals surface area (Å²) < 4.78 is 86.7. The van der Waals surface area contributed by atoms with Gasteiger partial charge in [-0.15, -0.1) is 10.2 Å². The molecule has 4 rings (SSSR count). The zero-order chi connectivity index (χ0) is 23.8. The number of furan rings is 1. The van der Waals surface area contributed by atoms with Gasteiger partial charge in [-0.25, -0.2) is 0 Å². The standard InChI is InChI=1S/C19H11F6N5O3/c20-18(21,22)8-32-13-4-3-11(7-12(13)19(23,24)25)26-17(31)10-2-1-9-5-15(33-14(9)6-10)16-27-29-30-28-16/h1-7H,8H2,(H,26,31)(H,27,28,29,30). The minimum atomic E-state index is -5.01. The van der Waals surface area contributed by atoms with E-state index in [9.17, 15) is 31.1 Å². The predicted octanol–water partition coefficient (Wildman–Crippen LogP) is 4.83. The second-order valence-corrected chi connectivity index (χ2v) is 6.67. The Kier molecular flexibility index (Phi) is 5.43. The van der Waals surface area contributed by atoms with Gasteiger partial charge in [0, 0.05) is 16.6 Å². The molecule has 33 heavy (non-hydrogen) atoms. The molecule has 0 unspecified atom stereocenters. The Balaban J connectivity index is 1.56. The van der Waals surface area contributed by atoms with Gasteiger partial charge in [0.1, 0.15) is 11.3 Å². The Bertz CT molecular complexity index is 1300. The summed E-state index contributed by atoms with van der Waals surface area (Å²) in [5.41, 5.74) is -1.41. The van der Waals surface area contributed by atoms with Crippen molar-refractivity contribution in [1.82, 2.24) is 20.6 Å². The average Bonchev–Trinajstić information content (AvgIpc) is 3.40. The van der Waals surface area contributed by atoms with Crippen LogP contribution >= 0.6 is 0 Å². The lowest BCUT2D eigenvalue weighted by atomic mass is 10.1. The third kappa shape index (κ3) is 5.05. The van der Waals surface area contributed by atoms with E-state index in [0.29, 0.717) is 17.5 Å². The Hall–Kier alpha value is -4.10. The van der Waals surface area contributed by atoms with Crippen molar-refractivity contribution in [2.45, 2.75) is 12.4 Å². The number of aromatic amines is 1. The number of H-pyrrole nitrogens is 1. The number of aromatic nitrogens is 4. The van der Waals surface area contributed by atoms with Gasteiger partial charge in [0.25, 0.3) is 5.91 Å². The van der Waals surface area contributed by atoms with Crippen molar-refractivity contribution in [1.29, 1.82) is 0 Å². The summed E-state index contributed by atoms with van der Waals surface area (Å²) in [5.74, 6) is -1.32. The number of benzene rings is 2. The van der Waals surface area contributed by atoms with Gasteiger partial charge in [0.15, 0.2) is 12.4 Å². The lowest BCUT2D eigenvalue weighted by Gasteiger charge is -2.16. The van der Waals surface area contributed by atoms with Crippen LogP contribution in [0.4, 0.5) is 32.0 Å². The third-order valence-corrected chi connectivity index (χ3v) is 4.28. The largest absolute Gasteiger partial charge is 0.483 e. The summed E-state index contributed by atoms with van der Waals surface area (Å²) in [7, 11) is 0. The molecule has 4 aromatic rings. The molecule has 0 radical (unpaired) electrons. The van der Waals surface area contributed by atoms with Crippen molar-refractivity contribution in [3.8, 4) is 17.3 Å². The summed E-state index contributed by atoms with van der Waals surface area (Å²) in [6.07, 6.45) is -9.83. The van der Waals surface area contributed by atoms with E-state index in [1.54, 1.807) is 12.1 Å². The van der Waals surface area contributed by atoms with Crippen LogP contribution in [0.5, 0.6) is 5.75 Å². The summed E-state index contributed by atoms with van der Waals surface area (Å²) in [4.78, 5) is 12.5. The number of halogens is 6. The third-order valence-electron chi connectivity index (χ3n) is 4.28. The number of rotatable bonds is 5. The molecular weight excluding hydrogens is 460 g/mol. The molecule has 0 fully saturated rings. The fourth-order valence-corrected chi connectivity index (χ4v) is 2.87. The molecule has 2 aromatic heterocycles. The Morgan fingerprint density at radius 1 is 1.06 bits per heavy atom. The van der Waals surface area contributed by atoms with Gasteiger partial charge in [-0.2, -0.15) is 31.6 Å². The molecule has 0 atom stereocenters. The molecule has 0 aliphatic carbocycles. The molecule has 0 spiro atoms. The summed E-state index contributed by atoms with van der Waals surface area (Å²) in [6, 6.07) is 8.13. The van der Waals surface area contributed by atoms with Crippen LogP contribution in [0.25, 0.3) is 22.6 Å². The Morgan fingerprint density at radius 2 is 1.85 bits per heavy atom. The first-order valence-corrected chi connectivity index (χ1v) is 8.99. The van der Waals surface area contributed by atoms with E-state index in [1.165, 1.54) is 12.1 Å². The number of hydrogen-bond donors (Lipinski definition) is 2. The highest BCUT2D eigenvalue weighted by atomic mass is 19.4. The molecule has 14 heteroatoms. The number of nitrogens with zero attached hydrogens (tertiary/aromatic N) is 3. The van der Waals surface area contributed by atoms with Crippen LogP contribution in [0, 0.1) is 0 Å². The number of fused-ring (bicyclic) bond motifs is 1. The van der Waals surface area contributed by atoms with Crippen molar-refractivity contribution in [2.24, 2.45) is 0 Å². The van der Waals surface area contributed by atoms with Crippen molar-refractivity contribution in [3.05, 3.63) is 53.6 Å². The van der Waals surface area contributed by atoms with Gasteiger partial charge >= 0.3 is 12.4 Å². The number of ether oxygens (including phenoxy) is 1. The molecular formula is C19H11F6N5O3. The van der Waals surface area contributed by atoms with E-state index in [2.05, 4.69) is 30.7 Å². The van der Waals surface area contributed by atoms with Gasteiger partial charge in [-0.3, -0.25) is 4.79 Å². The highest BCUT2D eigenvalue weighted by molar-refractivity contribution is 6.06. The van der Waals surface area contributed by atoms with Gasteiger partial charge in [0.05, 0.1) is 5.56 Å². The minimum absolute atomic E-state index is 0.0578. The SMILES string of the molecule is O=C(Nc1ccc(OCC(F)(F)F)c(C(F)(F)F)c1)c1ccc2cc(-c3nn[nH]n3)oc2c1. The van der Waals surface area contributed by atoms with E-state index in [1.807, 2.05) is 0 Å². The Labute approximate surface area is 179 Å². The van der Waals surface area contributed by atoms with Gasteiger partial charge in [-0.1, -0.05) is 6.07 Å². The van der Waals surface area contributed by atoms with Gasteiger partial charge in [0.2, 0.25) is 5.82 Å². The number of amides is 1. The number of alkyl halides is 6. The average molecular weight is 471 g/mol.